The summed E-state index contributed by atoms with van der Waals surface area (Å²) in [5.74, 6) is 0.456. The number of halogens is 1. The van der Waals surface area contributed by atoms with E-state index in [1.54, 1.807) is 0 Å². The third-order valence-corrected chi connectivity index (χ3v) is 5.84. The molecule has 3 aromatic rings. The van der Waals surface area contributed by atoms with E-state index in [1.165, 1.54) is 17.7 Å². The minimum absolute atomic E-state index is 0.0155. The molecule has 0 saturated carbocycles. The number of rotatable bonds is 8. The minimum Gasteiger partial charge on any atom is -0.483 e. The number of benzene rings is 3. The van der Waals surface area contributed by atoms with Gasteiger partial charge in [0, 0.05) is 32.1 Å². The fourth-order valence-corrected chi connectivity index (χ4v) is 4.10. The van der Waals surface area contributed by atoms with Gasteiger partial charge >= 0.3 is 0 Å². The lowest BCUT2D eigenvalue weighted by Crippen LogP contribution is -2.45. The molecule has 1 heterocycles. The zero-order valence-electron chi connectivity index (χ0n) is 18.2. The Kier molecular flexibility index (Phi) is 7.51. The largest absolute Gasteiger partial charge is 0.483 e. The van der Waals surface area contributed by atoms with E-state index < -0.39 is 0 Å². The summed E-state index contributed by atoms with van der Waals surface area (Å²) in [5, 5.41) is 3.11. The first-order valence-corrected chi connectivity index (χ1v) is 11.2. The highest BCUT2D eigenvalue weighted by atomic mass is 19.1. The molecule has 0 bridgehead atoms. The summed E-state index contributed by atoms with van der Waals surface area (Å²) >= 11 is 0. The van der Waals surface area contributed by atoms with Crippen LogP contribution in [0.25, 0.3) is 0 Å². The summed E-state index contributed by atoms with van der Waals surface area (Å²) in [5.41, 5.74) is 3.39. The number of hydrogen-bond donors (Lipinski definition) is 1. The van der Waals surface area contributed by atoms with Gasteiger partial charge in [0.15, 0.2) is 6.61 Å². The highest BCUT2D eigenvalue weighted by Gasteiger charge is 2.21. The first kappa shape index (κ1) is 22.0. The lowest BCUT2D eigenvalue weighted by Gasteiger charge is -2.32. The molecule has 1 fully saturated rings. The van der Waals surface area contributed by atoms with Crippen molar-refractivity contribution in [3.8, 4) is 5.75 Å². The van der Waals surface area contributed by atoms with Gasteiger partial charge in [-0.3, -0.25) is 9.69 Å². The van der Waals surface area contributed by atoms with E-state index in [1.807, 2.05) is 54.6 Å². The van der Waals surface area contributed by atoms with Crippen LogP contribution in [0.3, 0.4) is 0 Å². The molecule has 1 amide bonds. The number of hydrogen-bond acceptors (Lipinski definition) is 3. The lowest BCUT2D eigenvalue weighted by atomic mass is 10.0. The summed E-state index contributed by atoms with van der Waals surface area (Å²) < 4.78 is 18.9. The second-order valence-corrected chi connectivity index (χ2v) is 8.30. The van der Waals surface area contributed by atoms with Gasteiger partial charge in [-0.25, -0.2) is 4.39 Å². The lowest BCUT2D eigenvalue weighted by molar-refractivity contribution is -0.124. The summed E-state index contributed by atoms with van der Waals surface area (Å²) in [6, 6.07) is 24.9. The van der Waals surface area contributed by atoms with Crippen LogP contribution in [0, 0.1) is 5.82 Å². The smallest absolute Gasteiger partial charge is 0.258 e. The minimum atomic E-state index is -0.208. The number of nitrogens with one attached hydrogen (secondary N) is 1. The summed E-state index contributed by atoms with van der Waals surface area (Å²) in [6.45, 7) is 2.63. The second-order valence-electron chi connectivity index (χ2n) is 8.30. The van der Waals surface area contributed by atoms with E-state index in [4.69, 9.17) is 4.74 Å². The van der Waals surface area contributed by atoms with Crippen molar-refractivity contribution < 1.29 is 13.9 Å². The highest BCUT2D eigenvalue weighted by Crippen LogP contribution is 2.21. The Labute approximate surface area is 189 Å². The van der Waals surface area contributed by atoms with Crippen molar-refractivity contribution in [1.82, 2.24) is 10.2 Å². The standard InChI is InChI=1S/C27H29FN2O2/c28-24-12-10-22(11-13-24)19-30-16-14-25(15-17-30)29-27(31)20-32-26-9-5-4-8-23(26)18-21-6-2-1-3-7-21/h1-13,25H,14-20H2,(H,29,31). The monoisotopic (exact) mass is 432 g/mol. The normalized spacial score (nSPS) is 14.8. The van der Waals surface area contributed by atoms with E-state index in [0.717, 1.165) is 55.8 Å². The molecule has 3 aromatic carbocycles. The van der Waals surface area contributed by atoms with Crippen molar-refractivity contribution in [1.29, 1.82) is 0 Å². The van der Waals surface area contributed by atoms with E-state index in [9.17, 15) is 9.18 Å². The average Bonchev–Trinajstić information content (AvgIpc) is 2.82. The Morgan fingerprint density at radius 3 is 2.34 bits per heavy atom. The number of likely N-dealkylation sites (tertiary alicyclic amines) is 1. The van der Waals surface area contributed by atoms with Crippen LogP contribution < -0.4 is 10.1 Å². The van der Waals surface area contributed by atoms with Crippen molar-refractivity contribution in [2.75, 3.05) is 19.7 Å². The van der Waals surface area contributed by atoms with E-state index in [2.05, 4.69) is 22.3 Å². The molecule has 4 rings (SSSR count). The molecule has 1 aliphatic rings. The number of para-hydroxylation sites is 1. The number of nitrogens with zero attached hydrogens (tertiary/aromatic N) is 1. The maximum absolute atomic E-state index is 13.1. The van der Waals surface area contributed by atoms with Gasteiger partial charge in [0.05, 0.1) is 0 Å². The molecule has 0 radical (unpaired) electrons. The number of carbonyl (C=O) groups excluding carboxylic acids is 1. The maximum atomic E-state index is 13.1. The molecule has 32 heavy (non-hydrogen) atoms. The number of piperidine rings is 1. The van der Waals surface area contributed by atoms with Crippen LogP contribution in [0.2, 0.25) is 0 Å². The van der Waals surface area contributed by atoms with Gasteiger partial charge in [-0.2, -0.15) is 0 Å². The first-order valence-electron chi connectivity index (χ1n) is 11.2. The molecule has 1 aliphatic heterocycles. The highest BCUT2D eigenvalue weighted by molar-refractivity contribution is 5.77. The molecular weight excluding hydrogens is 403 g/mol. The fraction of sp³-hybridized carbons (Fsp3) is 0.296. The molecule has 4 nitrogen and oxygen atoms in total. The van der Waals surface area contributed by atoms with Crippen LogP contribution in [0.1, 0.15) is 29.5 Å². The quantitative estimate of drug-likeness (QED) is 0.567. The van der Waals surface area contributed by atoms with Gasteiger partial charge in [0.1, 0.15) is 11.6 Å². The molecule has 166 valence electrons. The molecule has 0 spiro atoms. The van der Waals surface area contributed by atoms with Gasteiger partial charge in [-0.05, 0) is 47.7 Å². The predicted octanol–water partition coefficient (Wildman–Crippen LogP) is 4.58. The van der Waals surface area contributed by atoms with Crippen LogP contribution in [-0.4, -0.2) is 36.5 Å². The first-order chi connectivity index (χ1) is 15.7. The van der Waals surface area contributed by atoms with Crippen molar-refractivity contribution in [3.63, 3.8) is 0 Å². The van der Waals surface area contributed by atoms with Crippen LogP contribution in [0.15, 0.2) is 78.9 Å². The van der Waals surface area contributed by atoms with Crippen molar-refractivity contribution in [3.05, 3.63) is 101 Å². The predicted molar refractivity (Wildman–Crippen MR) is 124 cm³/mol. The third-order valence-electron chi connectivity index (χ3n) is 5.84. The Morgan fingerprint density at radius 2 is 1.59 bits per heavy atom. The maximum Gasteiger partial charge on any atom is 0.258 e. The third kappa shape index (κ3) is 6.41. The van der Waals surface area contributed by atoms with Crippen LogP contribution in [-0.2, 0) is 17.8 Å². The van der Waals surface area contributed by atoms with Crippen molar-refractivity contribution >= 4 is 5.91 Å². The van der Waals surface area contributed by atoms with Gasteiger partial charge in [0.25, 0.3) is 5.91 Å². The Hall–Kier alpha value is -3.18. The summed E-state index contributed by atoms with van der Waals surface area (Å²) in [4.78, 5) is 14.8. The number of ether oxygens (including phenoxy) is 1. The van der Waals surface area contributed by atoms with E-state index >= 15 is 0 Å². The number of carbonyl (C=O) groups is 1. The van der Waals surface area contributed by atoms with Crippen LogP contribution in [0.4, 0.5) is 4.39 Å². The molecule has 0 aliphatic carbocycles. The van der Waals surface area contributed by atoms with E-state index in [0.29, 0.717) is 0 Å². The number of amides is 1. The molecular formula is C27H29FN2O2. The summed E-state index contributed by atoms with van der Waals surface area (Å²) in [7, 11) is 0. The van der Waals surface area contributed by atoms with Crippen LogP contribution in [0.5, 0.6) is 5.75 Å². The van der Waals surface area contributed by atoms with E-state index in [-0.39, 0.29) is 24.4 Å². The summed E-state index contributed by atoms with van der Waals surface area (Å²) in [6.07, 6.45) is 2.57. The van der Waals surface area contributed by atoms with Gasteiger partial charge in [0.2, 0.25) is 0 Å². The van der Waals surface area contributed by atoms with Crippen molar-refractivity contribution in [2.24, 2.45) is 0 Å². The molecule has 5 heteroatoms. The Bertz CT molecular complexity index is 1000. The van der Waals surface area contributed by atoms with Gasteiger partial charge in [-0.1, -0.05) is 60.7 Å². The second kappa shape index (κ2) is 10.9. The topological polar surface area (TPSA) is 41.6 Å². The molecule has 0 unspecified atom stereocenters. The zero-order chi connectivity index (χ0) is 22.2. The Morgan fingerprint density at radius 1 is 0.906 bits per heavy atom. The fourth-order valence-electron chi connectivity index (χ4n) is 4.10. The van der Waals surface area contributed by atoms with Crippen LogP contribution >= 0.6 is 0 Å². The van der Waals surface area contributed by atoms with Gasteiger partial charge < -0.3 is 10.1 Å². The van der Waals surface area contributed by atoms with Gasteiger partial charge in [-0.15, -0.1) is 0 Å². The molecule has 1 saturated heterocycles. The molecule has 0 atom stereocenters. The Balaban J connectivity index is 1.22. The average molecular weight is 433 g/mol. The molecule has 1 N–H and O–H groups in total. The SMILES string of the molecule is O=C(COc1ccccc1Cc1ccccc1)NC1CCN(Cc2ccc(F)cc2)CC1. The molecule has 0 aromatic heterocycles. The van der Waals surface area contributed by atoms with Crippen molar-refractivity contribution in [2.45, 2.75) is 31.8 Å². The zero-order valence-corrected chi connectivity index (χ0v) is 18.2.